The Bertz CT molecular complexity index is 1080. The standard InChI is InChI=1S/C21H24N4O4S/c1-4-28-21(27)17-13(3)16-18(22-11-23-20(16)30-17)25-9-7-14(8-10-25)24-19(26)15-6-5-12(2)29-15/h5-6,11,14H,4,7-10H2,1-3H3,(H,24,26). The molecule has 30 heavy (non-hydrogen) atoms. The summed E-state index contributed by atoms with van der Waals surface area (Å²) in [6, 6.07) is 3.55. The van der Waals surface area contributed by atoms with Gasteiger partial charge in [-0.05, 0) is 51.3 Å². The molecule has 4 heterocycles. The number of rotatable bonds is 5. The number of hydrogen-bond donors (Lipinski definition) is 1. The molecule has 1 aliphatic heterocycles. The highest BCUT2D eigenvalue weighted by molar-refractivity contribution is 7.20. The predicted octanol–water partition coefficient (Wildman–Crippen LogP) is 3.48. The van der Waals surface area contributed by atoms with E-state index in [0.29, 0.717) is 17.2 Å². The van der Waals surface area contributed by atoms with Crippen molar-refractivity contribution in [2.75, 3.05) is 24.6 Å². The second-order valence-electron chi connectivity index (χ2n) is 7.30. The molecule has 1 saturated heterocycles. The van der Waals surface area contributed by atoms with Gasteiger partial charge in [0.15, 0.2) is 5.76 Å². The van der Waals surface area contributed by atoms with Gasteiger partial charge in [0.2, 0.25) is 0 Å². The van der Waals surface area contributed by atoms with Crippen molar-refractivity contribution in [3.8, 4) is 0 Å². The summed E-state index contributed by atoms with van der Waals surface area (Å²) in [6.07, 6.45) is 3.13. The van der Waals surface area contributed by atoms with Crippen LogP contribution in [0.4, 0.5) is 5.82 Å². The first-order chi connectivity index (χ1) is 14.5. The van der Waals surface area contributed by atoms with Gasteiger partial charge in [0.05, 0.1) is 12.0 Å². The van der Waals surface area contributed by atoms with Crippen molar-refractivity contribution >= 4 is 39.2 Å². The molecule has 0 saturated carbocycles. The molecule has 4 rings (SSSR count). The average molecular weight is 429 g/mol. The van der Waals surface area contributed by atoms with Crippen LogP contribution in [0.1, 0.15) is 51.3 Å². The van der Waals surface area contributed by atoms with Crippen LogP contribution < -0.4 is 10.2 Å². The lowest BCUT2D eigenvalue weighted by Crippen LogP contribution is -2.45. The van der Waals surface area contributed by atoms with Crippen molar-refractivity contribution in [2.45, 2.75) is 39.7 Å². The summed E-state index contributed by atoms with van der Waals surface area (Å²) in [7, 11) is 0. The number of aromatic nitrogens is 2. The Morgan fingerprint density at radius 3 is 2.70 bits per heavy atom. The third-order valence-corrected chi connectivity index (χ3v) is 6.44. The van der Waals surface area contributed by atoms with Crippen LogP contribution in [0.5, 0.6) is 0 Å². The fourth-order valence-electron chi connectivity index (χ4n) is 3.73. The zero-order valence-electron chi connectivity index (χ0n) is 17.2. The largest absolute Gasteiger partial charge is 0.462 e. The van der Waals surface area contributed by atoms with E-state index in [4.69, 9.17) is 9.15 Å². The lowest BCUT2D eigenvalue weighted by atomic mass is 10.0. The molecular formula is C21H24N4O4S. The molecule has 1 fully saturated rings. The molecule has 1 amide bonds. The highest BCUT2D eigenvalue weighted by Crippen LogP contribution is 2.36. The van der Waals surface area contributed by atoms with Crippen LogP contribution in [0.25, 0.3) is 10.2 Å². The number of carbonyl (C=O) groups excluding carboxylic acids is 2. The van der Waals surface area contributed by atoms with Crippen molar-refractivity contribution in [2.24, 2.45) is 0 Å². The van der Waals surface area contributed by atoms with Crippen LogP contribution in [0.3, 0.4) is 0 Å². The van der Waals surface area contributed by atoms with E-state index in [1.165, 1.54) is 17.7 Å². The summed E-state index contributed by atoms with van der Waals surface area (Å²) < 4.78 is 10.6. The molecule has 1 N–H and O–H groups in total. The van der Waals surface area contributed by atoms with Crippen molar-refractivity contribution in [3.05, 3.63) is 40.4 Å². The monoisotopic (exact) mass is 428 g/mol. The molecule has 0 bridgehead atoms. The summed E-state index contributed by atoms with van der Waals surface area (Å²) >= 11 is 1.34. The third-order valence-electron chi connectivity index (χ3n) is 5.26. The number of fused-ring (bicyclic) bond motifs is 1. The van der Waals surface area contributed by atoms with E-state index in [1.807, 2.05) is 13.8 Å². The van der Waals surface area contributed by atoms with Gasteiger partial charge in [-0.2, -0.15) is 0 Å². The minimum Gasteiger partial charge on any atom is -0.462 e. The van der Waals surface area contributed by atoms with Crippen LogP contribution in [-0.2, 0) is 4.74 Å². The number of piperidine rings is 1. The Kier molecular flexibility index (Phi) is 5.72. The molecule has 0 aromatic carbocycles. The molecule has 1 aliphatic rings. The van der Waals surface area contributed by atoms with Gasteiger partial charge in [-0.1, -0.05) is 0 Å². The predicted molar refractivity (Wildman–Crippen MR) is 114 cm³/mol. The quantitative estimate of drug-likeness (QED) is 0.621. The van der Waals surface area contributed by atoms with Gasteiger partial charge < -0.3 is 19.4 Å². The maximum Gasteiger partial charge on any atom is 0.348 e. The lowest BCUT2D eigenvalue weighted by Gasteiger charge is -2.33. The van der Waals surface area contributed by atoms with Crippen LogP contribution in [0, 0.1) is 13.8 Å². The molecule has 0 unspecified atom stereocenters. The van der Waals surface area contributed by atoms with Crippen molar-refractivity contribution < 1.29 is 18.7 Å². The minimum atomic E-state index is -0.321. The van der Waals surface area contributed by atoms with Crippen molar-refractivity contribution in [3.63, 3.8) is 0 Å². The van der Waals surface area contributed by atoms with Crippen LogP contribution in [0.2, 0.25) is 0 Å². The van der Waals surface area contributed by atoms with Crippen molar-refractivity contribution in [1.82, 2.24) is 15.3 Å². The van der Waals surface area contributed by atoms with Crippen LogP contribution in [-0.4, -0.2) is 47.6 Å². The topological polar surface area (TPSA) is 97.6 Å². The minimum absolute atomic E-state index is 0.0788. The Hall–Kier alpha value is -2.94. The van der Waals surface area contributed by atoms with E-state index in [1.54, 1.807) is 19.1 Å². The summed E-state index contributed by atoms with van der Waals surface area (Å²) in [5.41, 5.74) is 0.854. The van der Waals surface area contributed by atoms with E-state index in [-0.39, 0.29) is 17.9 Å². The first-order valence-corrected chi connectivity index (χ1v) is 10.8. The summed E-state index contributed by atoms with van der Waals surface area (Å²) in [4.78, 5) is 37.0. The fraction of sp³-hybridized carbons (Fsp3) is 0.429. The molecule has 0 spiro atoms. The van der Waals surface area contributed by atoms with E-state index in [0.717, 1.165) is 53.3 Å². The van der Waals surface area contributed by atoms with Gasteiger partial charge >= 0.3 is 5.97 Å². The van der Waals surface area contributed by atoms with E-state index < -0.39 is 0 Å². The molecule has 0 atom stereocenters. The Morgan fingerprint density at radius 2 is 2.03 bits per heavy atom. The molecule has 3 aromatic rings. The molecule has 158 valence electrons. The number of nitrogens with one attached hydrogen (secondary N) is 1. The molecule has 0 radical (unpaired) electrons. The van der Waals surface area contributed by atoms with E-state index in [9.17, 15) is 9.59 Å². The number of nitrogens with zero attached hydrogens (tertiary/aromatic N) is 3. The number of furan rings is 1. The maximum absolute atomic E-state index is 12.3. The Morgan fingerprint density at radius 1 is 1.27 bits per heavy atom. The summed E-state index contributed by atoms with van der Waals surface area (Å²) in [5, 5.41) is 3.95. The van der Waals surface area contributed by atoms with Gasteiger partial charge in [0.1, 0.15) is 27.6 Å². The number of ether oxygens (including phenoxy) is 1. The maximum atomic E-state index is 12.3. The first-order valence-electron chi connectivity index (χ1n) is 10.0. The highest BCUT2D eigenvalue weighted by atomic mass is 32.1. The summed E-state index contributed by atoms with van der Waals surface area (Å²) in [6.45, 7) is 7.36. The van der Waals surface area contributed by atoms with Gasteiger partial charge in [0.25, 0.3) is 5.91 Å². The molecule has 3 aromatic heterocycles. The second-order valence-corrected chi connectivity index (χ2v) is 8.30. The zero-order chi connectivity index (χ0) is 21.3. The number of aryl methyl sites for hydroxylation is 2. The highest BCUT2D eigenvalue weighted by Gasteiger charge is 2.27. The molecule has 8 nitrogen and oxygen atoms in total. The Balaban J connectivity index is 1.48. The SMILES string of the molecule is CCOC(=O)c1sc2ncnc(N3CCC(NC(=O)c4ccc(C)o4)CC3)c2c1C. The molecule has 0 aliphatic carbocycles. The number of amides is 1. The van der Waals surface area contributed by atoms with Crippen molar-refractivity contribution in [1.29, 1.82) is 0 Å². The van der Waals surface area contributed by atoms with E-state index in [2.05, 4.69) is 20.2 Å². The number of anilines is 1. The van der Waals surface area contributed by atoms with Crippen LogP contribution >= 0.6 is 11.3 Å². The zero-order valence-corrected chi connectivity index (χ0v) is 18.0. The van der Waals surface area contributed by atoms with Crippen LogP contribution in [0.15, 0.2) is 22.9 Å². The normalized spacial score (nSPS) is 14.8. The Labute approximate surface area is 178 Å². The smallest absolute Gasteiger partial charge is 0.348 e. The lowest BCUT2D eigenvalue weighted by molar-refractivity contribution is 0.0531. The number of carbonyl (C=O) groups is 2. The number of esters is 1. The van der Waals surface area contributed by atoms with Gasteiger partial charge in [-0.15, -0.1) is 11.3 Å². The van der Waals surface area contributed by atoms with Gasteiger partial charge in [0, 0.05) is 19.1 Å². The first kappa shape index (κ1) is 20.3. The van der Waals surface area contributed by atoms with Gasteiger partial charge in [-0.25, -0.2) is 14.8 Å². The molecular weight excluding hydrogens is 404 g/mol. The second kappa shape index (κ2) is 8.43. The fourth-order valence-corrected chi connectivity index (χ4v) is 4.77. The third kappa shape index (κ3) is 3.89. The van der Waals surface area contributed by atoms with E-state index >= 15 is 0 Å². The average Bonchev–Trinajstić information content (AvgIpc) is 3.32. The number of thiophene rings is 1. The van der Waals surface area contributed by atoms with Gasteiger partial charge in [-0.3, -0.25) is 4.79 Å². The summed E-state index contributed by atoms with van der Waals surface area (Å²) in [5.74, 6) is 1.39. The molecule has 9 heteroatoms. The number of hydrogen-bond acceptors (Lipinski definition) is 8.